The summed E-state index contributed by atoms with van der Waals surface area (Å²) < 4.78 is 11.7. The van der Waals surface area contributed by atoms with Gasteiger partial charge < -0.3 is 19.4 Å². The number of ether oxygens (including phenoxy) is 2. The van der Waals surface area contributed by atoms with Gasteiger partial charge in [0.25, 0.3) is 0 Å². The minimum absolute atomic E-state index is 0.109. The number of aromatic nitrogens is 1. The standard InChI is InChI=1S/C20H18BrNO4/c1-4-26-19-15(21)8-12(9-18(19)25-3)17-10-14(20(23)24)13-7-11(2)5-6-16(13)22-17/h5-10H,4H2,1-3H3,(H,23,24)/p-1. The Labute approximate surface area is 159 Å². The fourth-order valence-corrected chi connectivity index (χ4v) is 3.36. The van der Waals surface area contributed by atoms with Crippen LogP contribution in [0.4, 0.5) is 0 Å². The number of carbonyl (C=O) groups is 1. The van der Waals surface area contributed by atoms with Crippen LogP contribution >= 0.6 is 15.9 Å². The SMILES string of the molecule is CCOc1c(Br)cc(-c2cc(C(=O)[O-])c3cc(C)ccc3n2)cc1OC. The van der Waals surface area contributed by atoms with Gasteiger partial charge in [0.05, 0.1) is 35.4 Å². The van der Waals surface area contributed by atoms with Crippen LogP contribution in [0, 0.1) is 6.92 Å². The lowest BCUT2D eigenvalue weighted by molar-refractivity contribution is -0.254. The second kappa shape index (κ2) is 7.33. The molecule has 0 unspecified atom stereocenters. The van der Waals surface area contributed by atoms with Crippen molar-refractivity contribution in [3.8, 4) is 22.8 Å². The minimum Gasteiger partial charge on any atom is -0.545 e. The fraction of sp³-hybridized carbons (Fsp3) is 0.200. The van der Waals surface area contributed by atoms with Gasteiger partial charge in [-0.15, -0.1) is 0 Å². The van der Waals surface area contributed by atoms with Gasteiger partial charge in [0.2, 0.25) is 0 Å². The predicted octanol–water partition coefficient (Wildman–Crippen LogP) is 3.74. The van der Waals surface area contributed by atoms with E-state index in [4.69, 9.17) is 9.47 Å². The first-order valence-corrected chi connectivity index (χ1v) is 8.87. The Balaban J connectivity index is 2.24. The lowest BCUT2D eigenvalue weighted by atomic mass is 10.0. The summed E-state index contributed by atoms with van der Waals surface area (Å²) in [5.41, 5.74) is 2.89. The van der Waals surface area contributed by atoms with Gasteiger partial charge in [0.1, 0.15) is 0 Å². The van der Waals surface area contributed by atoms with Crippen LogP contribution in [-0.4, -0.2) is 24.7 Å². The quantitative estimate of drug-likeness (QED) is 0.635. The molecule has 26 heavy (non-hydrogen) atoms. The highest BCUT2D eigenvalue weighted by Crippen LogP contribution is 2.40. The van der Waals surface area contributed by atoms with Crippen molar-refractivity contribution in [2.45, 2.75) is 13.8 Å². The topological polar surface area (TPSA) is 71.5 Å². The molecule has 2 aromatic carbocycles. The van der Waals surface area contributed by atoms with Gasteiger partial charge >= 0.3 is 0 Å². The summed E-state index contributed by atoms with van der Waals surface area (Å²) in [6, 6.07) is 10.6. The molecule has 0 amide bonds. The molecule has 1 heterocycles. The summed E-state index contributed by atoms with van der Waals surface area (Å²) in [5, 5.41) is 12.2. The molecule has 1 aromatic heterocycles. The van der Waals surface area contributed by atoms with E-state index in [9.17, 15) is 9.90 Å². The van der Waals surface area contributed by atoms with Crippen molar-refractivity contribution >= 4 is 32.8 Å². The molecule has 5 nitrogen and oxygen atoms in total. The molecular formula is C20H17BrNO4-. The van der Waals surface area contributed by atoms with E-state index >= 15 is 0 Å². The number of fused-ring (bicyclic) bond motifs is 1. The molecule has 0 aliphatic heterocycles. The number of methoxy groups -OCH3 is 1. The maximum Gasteiger partial charge on any atom is 0.175 e. The van der Waals surface area contributed by atoms with E-state index in [1.807, 2.05) is 26.0 Å². The van der Waals surface area contributed by atoms with Crippen molar-refractivity contribution in [2.75, 3.05) is 13.7 Å². The van der Waals surface area contributed by atoms with Crippen LogP contribution in [0.1, 0.15) is 22.8 Å². The number of aromatic carboxylic acids is 1. The van der Waals surface area contributed by atoms with Gasteiger partial charge in [-0.3, -0.25) is 0 Å². The van der Waals surface area contributed by atoms with Crippen LogP contribution in [0.25, 0.3) is 22.2 Å². The molecule has 0 aliphatic carbocycles. The normalized spacial score (nSPS) is 10.8. The maximum absolute atomic E-state index is 11.6. The summed E-state index contributed by atoms with van der Waals surface area (Å²) in [5.74, 6) is -0.103. The number of halogens is 1. The molecule has 0 spiro atoms. The molecule has 0 saturated heterocycles. The van der Waals surface area contributed by atoms with Crippen molar-refractivity contribution in [3.05, 3.63) is 52.0 Å². The first kappa shape index (κ1) is 18.2. The molecule has 0 aliphatic rings. The van der Waals surface area contributed by atoms with Crippen LogP contribution in [0.3, 0.4) is 0 Å². The zero-order valence-corrected chi connectivity index (χ0v) is 16.2. The molecular weight excluding hydrogens is 398 g/mol. The van der Waals surface area contributed by atoms with E-state index in [1.54, 1.807) is 25.3 Å². The zero-order chi connectivity index (χ0) is 18.8. The number of carbonyl (C=O) groups excluding carboxylic acids is 1. The Morgan fingerprint density at radius 1 is 1.23 bits per heavy atom. The number of pyridine rings is 1. The van der Waals surface area contributed by atoms with Crippen molar-refractivity contribution in [2.24, 2.45) is 0 Å². The summed E-state index contributed by atoms with van der Waals surface area (Å²) in [7, 11) is 1.55. The number of carboxylic acid groups (broad SMARTS) is 1. The number of aryl methyl sites for hydroxylation is 1. The first-order chi connectivity index (χ1) is 12.4. The fourth-order valence-electron chi connectivity index (χ4n) is 2.81. The second-order valence-corrected chi connectivity index (χ2v) is 6.64. The second-order valence-electron chi connectivity index (χ2n) is 5.79. The van der Waals surface area contributed by atoms with Gasteiger partial charge in [-0.05, 0) is 60.1 Å². The van der Waals surface area contributed by atoms with Crippen molar-refractivity contribution in [1.82, 2.24) is 4.98 Å². The van der Waals surface area contributed by atoms with E-state index in [0.717, 1.165) is 5.56 Å². The molecule has 0 saturated carbocycles. The van der Waals surface area contributed by atoms with Gasteiger partial charge in [-0.2, -0.15) is 0 Å². The van der Waals surface area contributed by atoms with Crippen LogP contribution in [0.5, 0.6) is 11.5 Å². The third-order valence-corrected chi connectivity index (χ3v) is 4.59. The third kappa shape index (κ3) is 3.37. The molecule has 0 fully saturated rings. The van der Waals surface area contributed by atoms with E-state index in [-0.39, 0.29) is 5.56 Å². The number of hydrogen-bond donors (Lipinski definition) is 0. The molecule has 3 aromatic rings. The molecule has 3 rings (SSSR count). The number of carboxylic acids is 1. The van der Waals surface area contributed by atoms with Gasteiger partial charge in [-0.1, -0.05) is 11.6 Å². The summed E-state index contributed by atoms with van der Waals surface area (Å²) in [6.45, 7) is 4.29. The van der Waals surface area contributed by atoms with E-state index in [0.29, 0.717) is 44.7 Å². The van der Waals surface area contributed by atoms with Gasteiger partial charge in [0, 0.05) is 16.5 Å². The van der Waals surface area contributed by atoms with Crippen LogP contribution in [0.15, 0.2) is 40.9 Å². The lowest BCUT2D eigenvalue weighted by Gasteiger charge is -2.15. The summed E-state index contributed by atoms with van der Waals surface area (Å²) >= 11 is 3.48. The molecule has 0 radical (unpaired) electrons. The highest BCUT2D eigenvalue weighted by molar-refractivity contribution is 9.10. The minimum atomic E-state index is -1.23. The molecule has 0 bridgehead atoms. The highest BCUT2D eigenvalue weighted by atomic mass is 79.9. The first-order valence-electron chi connectivity index (χ1n) is 8.08. The Kier molecular flexibility index (Phi) is 5.13. The van der Waals surface area contributed by atoms with Crippen molar-refractivity contribution in [1.29, 1.82) is 0 Å². The number of benzene rings is 2. The molecule has 6 heteroatoms. The maximum atomic E-state index is 11.6. The van der Waals surface area contributed by atoms with E-state index < -0.39 is 5.97 Å². The Morgan fingerprint density at radius 3 is 2.65 bits per heavy atom. The predicted molar refractivity (Wildman–Crippen MR) is 102 cm³/mol. The van der Waals surface area contributed by atoms with E-state index in [1.165, 1.54) is 6.07 Å². The van der Waals surface area contributed by atoms with Crippen LogP contribution < -0.4 is 14.6 Å². The van der Waals surface area contributed by atoms with Crippen LogP contribution in [0.2, 0.25) is 0 Å². The Hall–Kier alpha value is -2.60. The molecule has 134 valence electrons. The van der Waals surface area contributed by atoms with Crippen molar-refractivity contribution < 1.29 is 19.4 Å². The Morgan fingerprint density at radius 2 is 2.00 bits per heavy atom. The number of rotatable bonds is 5. The zero-order valence-electron chi connectivity index (χ0n) is 14.6. The number of nitrogens with zero attached hydrogens (tertiary/aromatic N) is 1. The monoisotopic (exact) mass is 414 g/mol. The van der Waals surface area contributed by atoms with Crippen LogP contribution in [-0.2, 0) is 0 Å². The number of hydrogen-bond acceptors (Lipinski definition) is 5. The molecule has 0 N–H and O–H groups in total. The smallest absolute Gasteiger partial charge is 0.175 e. The highest BCUT2D eigenvalue weighted by Gasteiger charge is 2.15. The largest absolute Gasteiger partial charge is 0.545 e. The van der Waals surface area contributed by atoms with E-state index in [2.05, 4.69) is 20.9 Å². The average Bonchev–Trinajstić information content (AvgIpc) is 2.62. The van der Waals surface area contributed by atoms with Gasteiger partial charge in [-0.25, -0.2) is 4.98 Å². The third-order valence-electron chi connectivity index (χ3n) is 4.00. The van der Waals surface area contributed by atoms with Gasteiger partial charge in [0.15, 0.2) is 11.5 Å². The average molecular weight is 415 g/mol. The summed E-state index contributed by atoms with van der Waals surface area (Å²) in [4.78, 5) is 16.3. The summed E-state index contributed by atoms with van der Waals surface area (Å²) in [6.07, 6.45) is 0. The molecule has 0 atom stereocenters. The lowest BCUT2D eigenvalue weighted by Crippen LogP contribution is -2.22. The van der Waals surface area contributed by atoms with Crippen molar-refractivity contribution in [3.63, 3.8) is 0 Å². The Bertz CT molecular complexity index is 1000.